The summed E-state index contributed by atoms with van der Waals surface area (Å²) in [5, 5.41) is 10.1. The first-order valence-corrected chi connectivity index (χ1v) is 20.8. The Bertz CT molecular complexity index is 810. The Hall–Kier alpha value is -1.37. The summed E-state index contributed by atoms with van der Waals surface area (Å²) in [4.78, 5) is 25.3. The minimum atomic E-state index is -0.906. The van der Waals surface area contributed by atoms with Gasteiger partial charge in [0, 0.05) is 24.8 Å². The summed E-state index contributed by atoms with van der Waals surface area (Å²) in [6.45, 7) is 7.80. The topological polar surface area (TPSA) is 98.8 Å². The molecule has 0 aromatic carbocycles. The molecule has 0 aliphatic heterocycles. The molecule has 0 aromatic rings. The molecule has 6 nitrogen and oxygen atoms in total. The molecule has 0 aromatic heterocycles. The Morgan fingerprint density at radius 2 is 0.840 bits per heavy atom. The van der Waals surface area contributed by atoms with Gasteiger partial charge in [-0.1, -0.05) is 141 Å². The number of ether oxygens (including phenoxy) is 2. The Morgan fingerprint density at radius 3 is 1.16 bits per heavy atom. The minimum Gasteiger partial charge on any atom is -0.458 e. The van der Waals surface area contributed by atoms with Gasteiger partial charge in [0.25, 0.3) is 0 Å². The van der Waals surface area contributed by atoms with Gasteiger partial charge >= 0.3 is 11.9 Å². The second kappa shape index (κ2) is 37.4. The predicted molar refractivity (Wildman–Crippen MR) is 216 cm³/mol. The van der Waals surface area contributed by atoms with Crippen molar-refractivity contribution in [3.8, 4) is 0 Å². The van der Waals surface area contributed by atoms with Crippen molar-refractivity contribution in [3.63, 3.8) is 0 Å². The van der Waals surface area contributed by atoms with Crippen molar-refractivity contribution < 1.29 is 24.2 Å². The summed E-state index contributed by atoms with van der Waals surface area (Å²) in [6, 6.07) is 0. The predicted octanol–water partition coefficient (Wildman–Crippen LogP) is 12.4. The van der Waals surface area contributed by atoms with E-state index in [0.717, 1.165) is 57.8 Å². The molecule has 0 amide bonds. The molecule has 50 heavy (non-hydrogen) atoms. The molecule has 296 valence electrons. The monoisotopic (exact) mass is 728 g/mol. The number of hydrogen-bond donors (Lipinski definition) is 2. The molecule has 0 aliphatic carbocycles. The van der Waals surface area contributed by atoms with Crippen molar-refractivity contribution in [1.82, 2.24) is 0 Å². The number of aliphatic hydroxyl groups is 1. The highest BCUT2D eigenvalue weighted by molar-refractivity contribution is 5.85. The third-order valence-electron chi connectivity index (χ3n) is 9.17. The normalized spacial score (nSPS) is 13.1. The Kier molecular flexibility index (Phi) is 37.9. The standard InChI is InChI=1S/C43H81NO5.ClH/c1-5-7-9-11-13-15-17-19-21-23-25-27-29-31-33-35-41(46)48-39(37-43(3,4)44)40(38-45)49-42(47)36-34-32-30-28-26-24-22-20-18-16-14-12-10-8-6-2;/h19-22,39-40,45H,5-18,23-38,44H2,1-4H3;1H. The van der Waals surface area contributed by atoms with E-state index in [1.165, 1.54) is 109 Å². The van der Waals surface area contributed by atoms with Crippen LogP contribution in [-0.4, -0.2) is 41.4 Å². The first-order chi connectivity index (χ1) is 23.7. The van der Waals surface area contributed by atoms with E-state index in [1.807, 2.05) is 13.8 Å². The SMILES string of the molecule is CCCCCCCCC=CCCCCCCCC(=O)OC(CO)C(CC(C)(C)N)OC(=O)CCCCCCCC=CCCCCCCCC.Cl. The number of allylic oxidation sites excluding steroid dienone is 4. The number of hydrogen-bond acceptors (Lipinski definition) is 6. The van der Waals surface area contributed by atoms with E-state index >= 15 is 0 Å². The van der Waals surface area contributed by atoms with E-state index in [9.17, 15) is 14.7 Å². The average molecular weight is 729 g/mol. The molecule has 0 bridgehead atoms. The first kappa shape index (κ1) is 50.7. The second-order valence-corrected chi connectivity index (χ2v) is 15.1. The van der Waals surface area contributed by atoms with Gasteiger partial charge in [0.15, 0.2) is 6.10 Å². The van der Waals surface area contributed by atoms with Crippen LogP contribution in [0.25, 0.3) is 0 Å². The van der Waals surface area contributed by atoms with E-state index in [0.29, 0.717) is 19.3 Å². The van der Waals surface area contributed by atoms with Crippen molar-refractivity contribution in [2.45, 2.75) is 232 Å². The zero-order valence-corrected chi connectivity index (χ0v) is 34.1. The van der Waals surface area contributed by atoms with Crippen molar-refractivity contribution in [3.05, 3.63) is 24.3 Å². The van der Waals surface area contributed by atoms with Crippen LogP contribution in [0.5, 0.6) is 0 Å². The Balaban J connectivity index is 0. The fraction of sp³-hybridized carbons (Fsp3) is 0.860. The van der Waals surface area contributed by atoms with Crippen LogP contribution in [0.1, 0.15) is 214 Å². The highest BCUT2D eigenvalue weighted by atomic mass is 35.5. The van der Waals surface area contributed by atoms with Gasteiger partial charge in [0.2, 0.25) is 0 Å². The zero-order chi connectivity index (χ0) is 36.3. The molecular formula is C43H82ClNO5. The highest BCUT2D eigenvalue weighted by Crippen LogP contribution is 2.20. The van der Waals surface area contributed by atoms with Gasteiger partial charge in [-0.05, 0) is 78.1 Å². The third-order valence-corrected chi connectivity index (χ3v) is 9.17. The van der Waals surface area contributed by atoms with Crippen LogP contribution >= 0.6 is 12.4 Å². The third kappa shape index (κ3) is 36.4. The van der Waals surface area contributed by atoms with Crippen LogP contribution in [0.4, 0.5) is 0 Å². The summed E-state index contributed by atoms with van der Waals surface area (Å²) in [7, 11) is 0. The lowest BCUT2D eigenvalue weighted by Crippen LogP contribution is -2.45. The Labute approximate surface area is 316 Å². The van der Waals surface area contributed by atoms with Crippen LogP contribution < -0.4 is 5.73 Å². The van der Waals surface area contributed by atoms with Crippen molar-refractivity contribution in [1.29, 1.82) is 0 Å². The van der Waals surface area contributed by atoms with E-state index in [-0.39, 0.29) is 24.3 Å². The van der Waals surface area contributed by atoms with Gasteiger partial charge < -0.3 is 20.3 Å². The van der Waals surface area contributed by atoms with Gasteiger partial charge in [-0.15, -0.1) is 12.4 Å². The van der Waals surface area contributed by atoms with Gasteiger partial charge in [-0.25, -0.2) is 0 Å². The fourth-order valence-corrected chi connectivity index (χ4v) is 6.13. The van der Waals surface area contributed by atoms with Crippen LogP contribution in [0, 0.1) is 0 Å². The van der Waals surface area contributed by atoms with E-state index < -0.39 is 24.4 Å². The van der Waals surface area contributed by atoms with Crippen LogP contribution in [-0.2, 0) is 19.1 Å². The number of halogens is 1. The second-order valence-electron chi connectivity index (χ2n) is 15.1. The lowest BCUT2D eigenvalue weighted by molar-refractivity contribution is -0.173. The number of aliphatic hydroxyl groups excluding tert-OH is 1. The molecule has 2 atom stereocenters. The molecule has 0 spiro atoms. The number of unbranched alkanes of at least 4 members (excludes halogenated alkanes) is 22. The van der Waals surface area contributed by atoms with Gasteiger partial charge in [-0.3, -0.25) is 9.59 Å². The van der Waals surface area contributed by atoms with Crippen LogP contribution in [0.15, 0.2) is 24.3 Å². The maximum Gasteiger partial charge on any atom is 0.306 e. The molecule has 0 rings (SSSR count). The number of rotatable bonds is 36. The summed E-state index contributed by atoms with van der Waals surface area (Å²) < 4.78 is 11.4. The molecule has 0 saturated heterocycles. The number of esters is 2. The smallest absolute Gasteiger partial charge is 0.306 e. The van der Waals surface area contributed by atoms with Gasteiger partial charge in [0.1, 0.15) is 6.10 Å². The summed E-state index contributed by atoms with van der Waals surface area (Å²) in [5.41, 5.74) is 5.61. The lowest BCUT2D eigenvalue weighted by atomic mass is 9.95. The molecule has 0 heterocycles. The molecular weight excluding hydrogens is 646 g/mol. The minimum absolute atomic E-state index is 0. The molecule has 7 heteroatoms. The maximum atomic E-state index is 12.7. The van der Waals surface area contributed by atoms with E-state index in [1.54, 1.807) is 0 Å². The van der Waals surface area contributed by atoms with Gasteiger partial charge in [0.05, 0.1) is 6.61 Å². The zero-order valence-electron chi connectivity index (χ0n) is 33.2. The quantitative estimate of drug-likeness (QED) is 0.0379. The first-order valence-electron chi connectivity index (χ1n) is 20.8. The number of nitrogens with two attached hydrogens (primary N) is 1. The van der Waals surface area contributed by atoms with Gasteiger partial charge in [-0.2, -0.15) is 0 Å². The van der Waals surface area contributed by atoms with E-state index in [2.05, 4.69) is 38.2 Å². The van der Waals surface area contributed by atoms with Crippen LogP contribution in [0.3, 0.4) is 0 Å². The maximum absolute atomic E-state index is 12.7. The largest absolute Gasteiger partial charge is 0.458 e. The highest BCUT2D eigenvalue weighted by Gasteiger charge is 2.32. The molecule has 0 radical (unpaired) electrons. The molecule has 0 aliphatic rings. The number of carbonyl (C=O) groups excluding carboxylic acids is 2. The molecule has 3 N–H and O–H groups in total. The molecule has 0 saturated carbocycles. The van der Waals surface area contributed by atoms with Crippen LogP contribution in [0.2, 0.25) is 0 Å². The Morgan fingerprint density at radius 1 is 0.540 bits per heavy atom. The average Bonchev–Trinajstić information content (AvgIpc) is 3.06. The van der Waals surface area contributed by atoms with Crippen molar-refractivity contribution in [2.75, 3.05) is 6.61 Å². The van der Waals surface area contributed by atoms with Crippen molar-refractivity contribution in [2.24, 2.45) is 5.73 Å². The fourth-order valence-electron chi connectivity index (χ4n) is 6.13. The number of carbonyl (C=O) groups is 2. The van der Waals surface area contributed by atoms with Crippen molar-refractivity contribution >= 4 is 24.3 Å². The summed E-state index contributed by atoms with van der Waals surface area (Å²) in [5.74, 6) is -0.677. The molecule has 2 unspecified atom stereocenters. The summed E-state index contributed by atoms with van der Waals surface area (Å²) in [6.07, 6.45) is 39.8. The molecule has 0 fully saturated rings. The lowest BCUT2D eigenvalue weighted by Gasteiger charge is -2.30. The van der Waals surface area contributed by atoms with E-state index in [4.69, 9.17) is 15.2 Å². The summed E-state index contributed by atoms with van der Waals surface area (Å²) >= 11 is 0.